The first-order valence-corrected chi connectivity index (χ1v) is 8.36. The summed E-state index contributed by atoms with van der Waals surface area (Å²) in [4.78, 5) is 11.9. The van der Waals surface area contributed by atoms with Crippen LogP contribution in [0.3, 0.4) is 0 Å². The van der Waals surface area contributed by atoms with Crippen LogP contribution in [-0.2, 0) is 16.4 Å². The number of carbonyl (C=O) groups excluding carboxylic acids is 1. The van der Waals surface area contributed by atoms with Crippen LogP contribution < -0.4 is 48.0 Å². The Kier molecular flexibility index (Phi) is 6.81. The molecule has 0 aromatic heterocycles. The summed E-state index contributed by atoms with van der Waals surface area (Å²) in [5, 5.41) is 0. The van der Waals surface area contributed by atoms with Crippen molar-refractivity contribution >= 4 is 4.72 Å². The number of allylic oxidation sites excluding steroid dienone is 4. The average Bonchev–Trinajstić information content (AvgIpc) is 2.32. The Hall–Kier alpha value is 1.12. The second-order valence-electron chi connectivity index (χ2n) is 4.24. The van der Waals surface area contributed by atoms with Crippen LogP contribution in [0, 0.1) is 0 Å². The maximum absolute atomic E-state index is 11.9. The first-order valence-electron chi connectivity index (χ1n) is 3.67. The van der Waals surface area contributed by atoms with E-state index in [2.05, 4.69) is 23.4 Å². The van der Waals surface area contributed by atoms with Crippen LogP contribution in [0.4, 0.5) is 0 Å². The first-order chi connectivity index (χ1) is 5.27. The molecule has 1 aliphatic carbocycles. The first kappa shape index (κ1) is 17.5. The van der Waals surface area contributed by atoms with Crippen LogP contribution in [-0.4, -0.2) is 4.72 Å². The van der Waals surface area contributed by atoms with Gasteiger partial charge in [0.15, 0.2) is 0 Å². The van der Waals surface area contributed by atoms with Gasteiger partial charge < -0.3 is 48.0 Å². The molecule has 0 saturated carbocycles. The zero-order valence-corrected chi connectivity index (χ0v) is 14.3. The van der Waals surface area contributed by atoms with Crippen molar-refractivity contribution in [2.24, 2.45) is 0 Å². The third kappa shape index (κ3) is 4.76. The molecular weight excluding hydrogens is 449 g/mol. The SMILES string of the molecule is [CH3][Co+2]([CH3])([CH3])([CH3])[C](=O)C1=CC=CC1.[I-].[I-]. The van der Waals surface area contributed by atoms with Crippen molar-refractivity contribution < 1.29 is 64.3 Å². The fourth-order valence-electron chi connectivity index (χ4n) is 1.01. The largest absolute Gasteiger partial charge is 1.00 e. The van der Waals surface area contributed by atoms with E-state index in [1.165, 1.54) is 0 Å². The van der Waals surface area contributed by atoms with E-state index in [0.29, 0.717) is 4.72 Å². The molecule has 0 radical (unpaired) electrons. The van der Waals surface area contributed by atoms with Crippen molar-refractivity contribution in [3.8, 4) is 0 Å². The van der Waals surface area contributed by atoms with Gasteiger partial charge in [-0.1, -0.05) is 0 Å². The molecule has 0 bridgehead atoms. The fourth-order valence-corrected chi connectivity index (χ4v) is 2.54. The number of hydrogen-bond donors (Lipinski definition) is 0. The second kappa shape index (κ2) is 5.45. The van der Waals surface area contributed by atoms with Gasteiger partial charge in [-0.25, -0.2) is 0 Å². The van der Waals surface area contributed by atoms with Crippen molar-refractivity contribution in [2.75, 3.05) is 0 Å². The third-order valence-electron chi connectivity index (χ3n) is 1.61. The molecular formula is C10H17CoI2O. The number of rotatable bonds is 2. The second-order valence-corrected chi connectivity index (χ2v) is 13.0. The van der Waals surface area contributed by atoms with Gasteiger partial charge in [0.2, 0.25) is 0 Å². The van der Waals surface area contributed by atoms with Gasteiger partial charge in [-0.2, -0.15) is 0 Å². The average molecular weight is 466 g/mol. The Morgan fingerprint density at radius 2 is 1.71 bits per heavy atom. The standard InChI is InChI=1S/C6H5O.4CH3.Co.2HI/c7-5-6-3-1-2-4-6;;;;;;;/h1-3H,4H2;4*1H3;;2*1H/q;;;;;+2;;/p-2. The summed E-state index contributed by atoms with van der Waals surface area (Å²) in [6, 6.07) is 0. The minimum atomic E-state index is -2.02. The van der Waals surface area contributed by atoms with E-state index in [0.717, 1.165) is 12.0 Å². The number of hydrogen-bond acceptors (Lipinski definition) is 1. The molecule has 0 atom stereocenters. The molecule has 0 N–H and O–H groups in total. The van der Waals surface area contributed by atoms with Crippen molar-refractivity contribution in [2.45, 2.75) is 29.9 Å². The van der Waals surface area contributed by atoms with Gasteiger partial charge in [0.1, 0.15) is 0 Å². The van der Waals surface area contributed by atoms with E-state index in [4.69, 9.17) is 0 Å². The van der Waals surface area contributed by atoms with Gasteiger partial charge in [0.05, 0.1) is 0 Å². The summed E-state index contributed by atoms with van der Waals surface area (Å²) in [7, 11) is 0. The Bertz CT molecular complexity index is 275. The molecule has 1 nitrogen and oxygen atoms in total. The van der Waals surface area contributed by atoms with E-state index < -0.39 is 11.6 Å². The maximum atomic E-state index is 11.9. The van der Waals surface area contributed by atoms with Crippen molar-refractivity contribution in [1.82, 2.24) is 0 Å². The van der Waals surface area contributed by atoms with E-state index in [9.17, 15) is 4.79 Å². The summed E-state index contributed by atoms with van der Waals surface area (Å²) < 4.78 is 0.379. The van der Waals surface area contributed by atoms with Crippen molar-refractivity contribution in [3.63, 3.8) is 0 Å². The minimum Gasteiger partial charge on any atom is -1.00 e. The molecule has 0 aromatic carbocycles. The van der Waals surface area contributed by atoms with Crippen LogP contribution in [0.2, 0.25) is 23.4 Å². The Morgan fingerprint density at radius 3 is 2.00 bits per heavy atom. The molecule has 1 rings (SSSR count). The van der Waals surface area contributed by atoms with Gasteiger partial charge in [0.25, 0.3) is 0 Å². The molecule has 0 saturated heterocycles. The molecule has 0 unspecified atom stereocenters. The minimum absolute atomic E-state index is 0. The Balaban J connectivity index is 0. The predicted molar refractivity (Wildman–Crippen MR) is 50.3 cm³/mol. The number of halogens is 2. The summed E-state index contributed by atoms with van der Waals surface area (Å²) in [6.45, 7) is 0. The Morgan fingerprint density at radius 1 is 1.21 bits per heavy atom. The quantitative estimate of drug-likeness (QED) is 0.405. The number of carbonyl (C=O) groups is 1. The molecule has 0 aliphatic heterocycles. The van der Waals surface area contributed by atoms with Crippen LogP contribution in [0.1, 0.15) is 6.42 Å². The van der Waals surface area contributed by atoms with Gasteiger partial charge in [-0.15, -0.1) is 0 Å². The topological polar surface area (TPSA) is 17.1 Å². The molecule has 86 valence electrons. The third-order valence-corrected chi connectivity index (χ3v) is 3.84. The Labute approximate surface area is 121 Å². The predicted octanol–water partition coefficient (Wildman–Crippen LogP) is -2.71. The van der Waals surface area contributed by atoms with Gasteiger partial charge in [-0.05, 0) is 0 Å². The molecule has 1 aliphatic rings. The van der Waals surface area contributed by atoms with E-state index in [1.54, 1.807) is 0 Å². The molecule has 0 amide bonds. The van der Waals surface area contributed by atoms with Crippen LogP contribution >= 0.6 is 0 Å². The van der Waals surface area contributed by atoms with E-state index >= 15 is 0 Å². The van der Waals surface area contributed by atoms with Gasteiger partial charge in [0, 0.05) is 0 Å². The molecule has 0 spiro atoms. The normalized spacial score (nSPS) is 17.1. The summed E-state index contributed by atoms with van der Waals surface area (Å²) in [5.41, 5.74) is 0.988. The summed E-state index contributed by atoms with van der Waals surface area (Å²) >= 11 is -2.02. The molecule has 0 fully saturated rings. The monoisotopic (exact) mass is 466 g/mol. The van der Waals surface area contributed by atoms with Gasteiger partial charge in [-0.3, -0.25) is 0 Å². The van der Waals surface area contributed by atoms with E-state index in [-0.39, 0.29) is 48.0 Å². The molecule has 0 heterocycles. The van der Waals surface area contributed by atoms with Gasteiger partial charge >= 0.3 is 74.7 Å². The fraction of sp³-hybridized carbons (Fsp3) is 0.500. The zero-order valence-electron chi connectivity index (χ0n) is 8.94. The summed E-state index contributed by atoms with van der Waals surface area (Å²) in [6.07, 6.45) is 6.79. The van der Waals surface area contributed by atoms with Crippen LogP contribution in [0.15, 0.2) is 23.8 Å². The smallest absolute Gasteiger partial charge is 1.00 e. The van der Waals surface area contributed by atoms with Crippen molar-refractivity contribution in [1.29, 1.82) is 0 Å². The van der Waals surface area contributed by atoms with Crippen LogP contribution in [0.5, 0.6) is 0 Å². The van der Waals surface area contributed by atoms with Crippen LogP contribution in [0.25, 0.3) is 0 Å². The molecule has 4 heteroatoms. The maximum Gasteiger partial charge on any atom is -1.00 e. The van der Waals surface area contributed by atoms with Crippen molar-refractivity contribution in [3.05, 3.63) is 23.8 Å². The molecule has 0 aromatic rings. The zero-order chi connectivity index (χ0) is 9.43. The van der Waals surface area contributed by atoms with E-state index in [1.807, 2.05) is 18.2 Å². The summed E-state index contributed by atoms with van der Waals surface area (Å²) in [5.74, 6) is 8.41. The molecule has 14 heavy (non-hydrogen) atoms.